The zero-order valence-electron chi connectivity index (χ0n) is 10.8. The summed E-state index contributed by atoms with van der Waals surface area (Å²) in [5, 5.41) is 0. The van der Waals surface area contributed by atoms with Gasteiger partial charge in [-0.05, 0) is 62.2 Å². The fourth-order valence-electron chi connectivity index (χ4n) is 2.68. The van der Waals surface area contributed by atoms with Crippen molar-refractivity contribution in [3.63, 3.8) is 0 Å². The molecule has 96 valence electrons. The molecule has 1 saturated heterocycles. The first kappa shape index (κ1) is 11.9. The average Bonchev–Trinajstić information content (AvgIpc) is 2.66. The van der Waals surface area contributed by atoms with Gasteiger partial charge in [0.15, 0.2) is 4.77 Å². The van der Waals surface area contributed by atoms with E-state index >= 15 is 0 Å². The molecule has 2 heterocycles. The molecule has 0 spiro atoms. The lowest BCUT2D eigenvalue weighted by Crippen LogP contribution is -2.21. The molecule has 4 heteroatoms. The number of rotatable bonds is 1. The summed E-state index contributed by atoms with van der Waals surface area (Å²) in [6.07, 6.45) is 2.26. The largest absolute Gasteiger partial charge is 0.379 e. The van der Waals surface area contributed by atoms with Crippen LogP contribution in [0.1, 0.15) is 30.0 Å². The van der Waals surface area contributed by atoms with E-state index in [1.165, 1.54) is 16.6 Å². The van der Waals surface area contributed by atoms with Crippen LogP contribution in [0, 0.1) is 18.6 Å². The second-order valence-electron chi connectivity index (χ2n) is 5.12. The van der Waals surface area contributed by atoms with Crippen molar-refractivity contribution >= 4 is 23.3 Å². The van der Waals surface area contributed by atoms with Crippen molar-refractivity contribution in [3.05, 3.63) is 28.0 Å². The predicted octanol–water partition coefficient (Wildman–Crippen LogP) is 3.67. The molecule has 1 unspecified atom stereocenters. The Bertz CT molecular complexity index is 635. The monoisotopic (exact) mass is 262 g/mol. The SMILES string of the molecule is Cc1cc2[nH]c(=S)n(C3CCCOC3)c2cc1C. The standard InChI is InChI=1S/C14H18N2OS/c1-9-6-12-13(7-10(9)2)16(14(18)15-12)11-4-3-5-17-8-11/h6-7,11H,3-5,8H2,1-2H3,(H,15,18). The Labute approximate surface area is 112 Å². The quantitative estimate of drug-likeness (QED) is 0.795. The van der Waals surface area contributed by atoms with Gasteiger partial charge in [-0.1, -0.05) is 0 Å². The van der Waals surface area contributed by atoms with Gasteiger partial charge < -0.3 is 14.3 Å². The molecule has 0 bridgehead atoms. The average molecular weight is 262 g/mol. The van der Waals surface area contributed by atoms with Gasteiger partial charge in [0.1, 0.15) is 0 Å². The van der Waals surface area contributed by atoms with Gasteiger partial charge in [-0.3, -0.25) is 0 Å². The van der Waals surface area contributed by atoms with E-state index in [0.717, 1.165) is 36.3 Å². The van der Waals surface area contributed by atoms with Gasteiger partial charge in [-0.25, -0.2) is 0 Å². The summed E-state index contributed by atoms with van der Waals surface area (Å²) >= 11 is 5.47. The molecule has 1 aliphatic heterocycles. The summed E-state index contributed by atoms with van der Waals surface area (Å²) in [6, 6.07) is 4.79. The van der Waals surface area contributed by atoms with Crippen LogP contribution in [0.5, 0.6) is 0 Å². The van der Waals surface area contributed by atoms with Crippen LogP contribution in [-0.4, -0.2) is 22.8 Å². The third-order valence-corrected chi connectivity index (χ3v) is 4.13. The van der Waals surface area contributed by atoms with Crippen molar-refractivity contribution < 1.29 is 4.74 Å². The number of hydrogen-bond acceptors (Lipinski definition) is 2. The van der Waals surface area contributed by atoms with Crippen LogP contribution in [0.25, 0.3) is 11.0 Å². The summed E-state index contributed by atoms with van der Waals surface area (Å²) in [4.78, 5) is 3.31. The zero-order valence-corrected chi connectivity index (χ0v) is 11.6. The topological polar surface area (TPSA) is 29.9 Å². The highest BCUT2D eigenvalue weighted by atomic mass is 32.1. The highest BCUT2D eigenvalue weighted by Crippen LogP contribution is 2.27. The van der Waals surface area contributed by atoms with Crippen LogP contribution in [0.15, 0.2) is 12.1 Å². The van der Waals surface area contributed by atoms with Crippen LogP contribution in [0.4, 0.5) is 0 Å². The minimum absolute atomic E-state index is 0.377. The highest BCUT2D eigenvalue weighted by Gasteiger charge is 2.19. The van der Waals surface area contributed by atoms with Gasteiger partial charge in [0.2, 0.25) is 0 Å². The molecule has 18 heavy (non-hydrogen) atoms. The highest BCUT2D eigenvalue weighted by molar-refractivity contribution is 7.71. The number of fused-ring (bicyclic) bond motifs is 1. The molecule has 0 aliphatic carbocycles. The fourth-order valence-corrected chi connectivity index (χ4v) is 3.03. The van der Waals surface area contributed by atoms with E-state index in [0.29, 0.717) is 6.04 Å². The third kappa shape index (κ3) is 1.89. The van der Waals surface area contributed by atoms with Crippen molar-refractivity contribution in [2.24, 2.45) is 0 Å². The van der Waals surface area contributed by atoms with E-state index in [9.17, 15) is 0 Å². The maximum Gasteiger partial charge on any atom is 0.178 e. The van der Waals surface area contributed by atoms with Crippen LogP contribution in [-0.2, 0) is 4.74 Å². The Morgan fingerprint density at radius 2 is 2.11 bits per heavy atom. The second-order valence-corrected chi connectivity index (χ2v) is 5.51. The maximum atomic E-state index is 5.58. The number of aromatic nitrogens is 2. The van der Waals surface area contributed by atoms with E-state index < -0.39 is 0 Å². The normalized spacial score (nSPS) is 20.4. The molecular weight excluding hydrogens is 244 g/mol. The van der Waals surface area contributed by atoms with Crippen molar-refractivity contribution in [2.75, 3.05) is 13.2 Å². The molecule has 1 aromatic heterocycles. The molecular formula is C14H18N2OS. The van der Waals surface area contributed by atoms with Crippen LogP contribution in [0.2, 0.25) is 0 Å². The summed E-state index contributed by atoms with van der Waals surface area (Å²) in [5.41, 5.74) is 4.94. The van der Waals surface area contributed by atoms with Gasteiger partial charge in [-0.15, -0.1) is 0 Å². The van der Waals surface area contributed by atoms with E-state index in [1.807, 2.05) is 0 Å². The lowest BCUT2D eigenvalue weighted by molar-refractivity contribution is 0.0600. The molecule has 0 amide bonds. The second kappa shape index (κ2) is 4.52. The number of imidazole rings is 1. The smallest absolute Gasteiger partial charge is 0.178 e. The lowest BCUT2D eigenvalue weighted by Gasteiger charge is -2.24. The number of nitrogens with one attached hydrogen (secondary N) is 1. The van der Waals surface area contributed by atoms with Crippen molar-refractivity contribution in [1.29, 1.82) is 0 Å². The number of ether oxygens (including phenoxy) is 1. The number of benzene rings is 1. The van der Waals surface area contributed by atoms with E-state index in [2.05, 4.69) is 35.5 Å². The van der Waals surface area contributed by atoms with Gasteiger partial charge in [0.25, 0.3) is 0 Å². The Balaban J connectivity index is 2.18. The summed E-state index contributed by atoms with van der Waals surface area (Å²) in [7, 11) is 0. The summed E-state index contributed by atoms with van der Waals surface area (Å²) in [6.45, 7) is 5.93. The molecule has 1 aromatic carbocycles. The number of nitrogens with zero attached hydrogens (tertiary/aromatic N) is 1. The summed E-state index contributed by atoms with van der Waals surface area (Å²) in [5.74, 6) is 0. The van der Waals surface area contributed by atoms with Crippen LogP contribution < -0.4 is 0 Å². The first-order chi connectivity index (χ1) is 8.66. The van der Waals surface area contributed by atoms with Crippen LogP contribution >= 0.6 is 12.2 Å². The molecule has 1 aliphatic rings. The first-order valence-corrected chi connectivity index (χ1v) is 6.87. The molecule has 0 saturated carbocycles. The predicted molar refractivity (Wildman–Crippen MR) is 75.7 cm³/mol. The minimum Gasteiger partial charge on any atom is -0.379 e. The van der Waals surface area contributed by atoms with Gasteiger partial charge >= 0.3 is 0 Å². The molecule has 0 radical (unpaired) electrons. The van der Waals surface area contributed by atoms with E-state index in [1.54, 1.807) is 0 Å². The Kier molecular flexibility index (Phi) is 2.99. The Morgan fingerprint density at radius 1 is 1.33 bits per heavy atom. The minimum atomic E-state index is 0.377. The number of hydrogen-bond donors (Lipinski definition) is 1. The molecule has 1 N–H and O–H groups in total. The third-order valence-electron chi connectivity index (χ3n) is 3.83. The molecule has 3 rings (SSSR count). The van der Waals surface area contributed by atoms with Crippen molar-refractivity contribution in [2.45, 2.75) is 32.7 Å². The van der Waals surface area contributed by atoms with Crippen LogP contribution in [0.3, 0.4) is 0 Å². The van der Waals surface area contributed by atoms with Crippen molar-refractivity contribution in [1.82, 2.24) is 9.55 Å². The molecule has 3 nitrogen and oxygen atoms in total. The van der Waals surface area contributed by atoms with E-state index in [-0.39, 0.29) is 0 Å². The molecule has 2 aromatic rings. The number of H-pyrrole nitrogens is 1. The van der Waals surface area contributed by atoms with Gasteiger partial charge in [0, 0.05) is 6.61 Å². The Morgan fingerprint density at radius 3 is 2.83 bits per heavy atom. The number of aromatic amines is 1. The maximum absolute atomic E-state index is 5.58. The Hall–Kier alpha value is -1.13. The first-order valence-electron chi connectivity index (χ1n) is 6.46. The molecule has 1 atom stereocenters. The summed E-state index contributed by atoms with van der Waals surface area (Å²) < 4.78 is 8.63. The number of aryl methyl sites for hydroxylation is 2. The lowest BCUT2D eigenvalue weighted by atomic mass is 10.1. The van der Waals surface area contributed by atoms with E-state index in [4.69, 9.17) is 17.0 Å². The fraction of sp³-hybridized carbons (Fsp3) is 0.500. The van der Waals surface area contributed by atoms with Gasteiger partial charge in [-0.2, -0.15) is 0 Å². The zero-order chi connectivity index (χ0) is 12.7. The van der Waals surface area contributed by atoms with Crippen molar-refractivity contribution in [3.8, 4) is 0 Å². The molecule has 1 fully saturated rings. The van der Waals surface area contributed by atoms with Gasteiger partial charge in [0.05, 0.1) is 23.7 Å².